The summed E-state index contributed by atoms with van der Waals surface area (Å²) in [7, 11) is 0. The zero-order chi connectivity index (χ0) is 18.1. The molecule has 0 aliphatic rings. The molecule has 0 amide bonds. The third kappa shape index (κ3) is 3.11. The molecule has 0 heterocycles. The average molecular weight is 332 g/mol. The number of alkyl halides is 3. The number of aromatic hydroxyl groups is 2. The lowest BCUT2D eigenvalue weighted by Crippen LogP contribution is -2.11. The third-order valence-electron chi connectivity index (χ3n) is 3.55. The average Bonchev–Trinajstić information content (AvgIpc) is 2.48. The van der Waals surface area contributed by atoms with Gasteiger partial charge in [0.1, 0.15) is 23.6 Å². The fourth-order valence-corrected chi connectivity index (χ4v) is 2.43. The Labute approximate surface area is 135 Å². The van der Waals surface area contributed by atoms with Crippen molar-refractivity contribution >= 4 is 0 Å². The largest absolute Gasteiger partial charge is 0.506 e. The van der Waals surface area contributed by atoms with Gasteiger partial charge in [-0.05, 0) is 24.1 Å². The van der Waals surface area contributed by atoms with E-state index in [1.807, 2.05) is 0 Å². The van der Waals surface area contributed by atoms with Crippen LogP contribution in [0.25, 0.3) is 0 Å². The van der Waals surface area contributed by atoms with Crippen molar-refractivity contribution in [3.05, 3.63) is 57.6 Å². The molecule has 0 aliphatic heterocycles. The van der Waals surface area contributed by atoms with Crippen molar-refractivity contribution in [2.75, 3.05) is 0 Å². The Morgan fingerprint density at radius 3 is 2.00 bits per heavy atom. The monoisotopic (exact) mass is 332 g/mol. The van der Waals surface area contributed by atoms with Crippen LogP contribution in [-0.2, 0) is 12.6 Å². The molecule has 2 aromatic rings. The van der Waals surface area contributed by atoms with E-state index in [1.54, 1.807) is 12.1 Å². The molecular weight excluding hydrogens is 321 g/mol. The highest BCUT2D eigenvalue weighted by Gasteiger charge is 2.34. The Bertz CT molecular complexity index is 852. The minimum atomic E-state index is -4.61. The van der Waals surface area contributed by atoms with Crippen LogP contribution in [0.15, 0.2) is 24.3 Å². The highest BCUT2D eigenvalue weighted by molar-refractivity contribution is 5.62. The van der Waals surface area contributed by atoms with Gasteiger partial charge < -0.3 is 10.2 Å². The maximum Gasteiger partial charge on any atom is 0.416 e. The smallest absolute Gasteiger partial charge is 0.416 e. The molecule has 0 spiro atoms. The van der Waals surface area contributed by atoms with Gasteiger partial charge in [-0.2, -0.15) is 23.7 Å². The van der Waals surface area contributed by atoms with E-state index >= 15 is 0 Å². The van der Waals surface area contributed by atoms with Crippen molar-refractivity contribution in [3.63, 3.8) is 0 Å². The van der Waals surface area contributed by atoms with Crippen LogP contribution < -0.4 is 0 Å². The fraction of sp³-hybridized carbons (Fsp3) is 0.176. The number of phenols is 2. The summed E-state index contributed by atoms with van der Waals surface area (Å²) in [5, 5.41) is 37.7. The van der Waals surface area contributed by atoms with Gasteiger partial charge in [0.25, 0.3) is 0 Å². The van der Waals surface area contributed by atoms with Gasteiger partial charge in [-0.15, -0.1) is 0 Å². The lowest BCUT2D eigenvalue weighted by Gasteiger charge is -2.16. The number of nitrogens with zero attached hydrogens (tertiary/aromatic N) is 2. The highest BCUT2D eigenvalue weighted by Crippen LogP contribution is 2.37. The van der Waals surface area contributed by atoms with Gasteiger partial charge in [-0.1, -0.05) is 17.7 Å². The van der Waals surface area contributed by atoms with Crippen LogP contribution in [0.4, 0.5) is 13.2 Å². The van der Waals surface area contributed by atoms with E-state index < -0.39 is 29.7 Å². The number of hydrogen-bond donors (Lipinski definition) is 2. The quantitative estimate of drug-likeness (QED) is 0.876. The van der Waals surface area contributed by atoms with E-state index in [1.165, 1.54) is 19.1 Å². The van der Waals surface area contributed by atoms with Gasteiger partial charge >= 0.3 is 6.18 Å². The summed E-state index contributed by atoms with van der Waals surface area (Å²) >= 11 is 0. The van der Waals surface area contributed by atoms with Crippen molar-refractivity contribution in [2.45, 2.75) is 19.5 Å². The number of rotatable bonds is 2. The van der Waals surface area contributed by atoms with Crippen molar-refractivity contribution < 1.29 is 23.4 Å². The van der Waals surface area contributed by atoms with Crippen LogP contribution in [-0.4, -0.2) is 10.2 Å². The number of benzene rings is 2. The molecule has 24 heavy (non-hydrogen) atoms. The maximum atomic E-state index is 13.2. The molecule has 0 unspecified atom stereocenters. The molecule has 0 atom stereocenters. The Balaban J connectivity index is 2.71. The van der Waals surface area contributed by atoms with Gasteiger partial charge in [0.15, 0.2) is 0 Å². The Kier molecular flexibility index (Phi) is 4.39. The van der Waals surface area contributed by atoms with E-state index in [9.17, 15) is 23.4 Å². The molecule has 0 bridgehead atoms. The Morgan fingerprint density at radius 1 is 1.00 bits per heavy atom. The van der Waals surface area contributed by atoms with Crippen LogP contribution in [0, 0.1) is 29.6 Å². The normalized spacial score (nSPS) is 10.9. The van der Waals surface area contributed by atoms with Gasteiger partial charge in [-0.3, -0.25) is 0 Å². The molecule has 2 N–H and O–H groups in total. The second kappa shape index (κ2) is 6.13. The first-order chi connectivity index (χ1) is 11.2. The molecule has 0 aliphatic carbocycles. The van der Waals surface area contributed by atoms with Crippen molar-refractivity contribution in [1.29, 1.82) is 10.5 Å². The first-order valence-corrected chi connectivity index (χ1v) is 6.73. The van der Waals surface area contributed by atoms with Crippen molar-refractivity contribution in [2.24, 2.45) is 0 Å². The SMILES string of the molecule is Cc1ccc(Cc2c(C#N)c(O)cc(O)c2C#N)c(C(F)(F)F)c1. The number of aryl methyl sites for hydroxylation is 1. The first kappa shape index (κ1) is 17.2. The predicted octanol–water partition coefficient (Wildman–Crippen LogP) is 3.76. The summed E-state index contributed by atoms with van der Waals surface area (Å²) in [5.74, 6) is -1.19. The summed E-state index contributed by atoms with van der Waals surface area (Å²) in [6, 6.07) is 7.84. The molecule has 2 aromatic carbocycles. The summed E-state index contributed by atoms with van der Waals surface area (Å²) in [4.78, 5) is 0. The molecule has 0 saturated heterocycles. The van der Waals surface area contributed by atoms with E-state index in [-0.39, 0.29) is 22.3 Å². The summed E-state index contributed by atoms with van der Waals surface area (Å²) < 4.78 is 39.7. The Morgan fingerprint density at radius 2 is 1.54 bits per heavy atom. The molecule has 0 saturated carbocycles. The summed E-state index contributed by atoms with van der Waals surface area (Å²) in [6.45, 7) is 1.51. The second-order valence-electron chi connectivity index (χ2n) is 5.20. The van der Waals surface area contributed by atoms with E-state index in [4.69, 9.17) is 10.5 Å². The summed E-state index contributed by atoms with van der Waals surface area (Å²) in [6.07, 6.45) is -5.04. The maximum absolute atomic E-state index is 13.2. The minimum absolute atomic E-state index is 0.146. The zero-order valence-electron chi connectivity index (χ0n) is 12.4. The lowest BCUT2D eigenvalue weighted by atomic mass is 9.91. The number of hydrogen-bond acceptors (Lipinski definition) is 4. The predicted molar refractivity (Wildman–Crippen MR) is 78.2 cm³/mol. The molecule has 0 radical (unpaired) electrons. The topological polar surface area (TPSA) is 88.0 Å². The van der Waals surface area contributed by atoms with Crippen LogP contribution in [0.5, 0.6) is 11.5 Å². The second-order valence-corrected chi connectivity index (χ2v) is 5.20. The van der Waals surface area contributed by atoms with Crippen LogP contribution in [0.2, 0.25) is 0 Å². The molecular formula is C17H11F3N2O2. The van der Waals surface area contributed by atoms with Gasteiger partial charge in [0.05, 0.1) is 16.7 Å². The number of phenolic OH excluding ortho intramolecular Hbond substituents is 2. The van der Waals surface area contributed by atoms with Crippen LogP contribution in [0.1, 0.15) is 33.4 Å². The third-order valence-corrected chi connectivity index (χ3v) is 3.55. The number of halogens is 3. The molecule has 7 heteroatoms. The van der Waals surface area contributed by atoms with Crippen LogP contribution in [0.3, 0.4) is 0 Å². The Hall–Kier alpha value is -3.19. The van der Waals surface area contributed by atoms with Crippen LogP contribution >= 0.6 is 0 Å². The van der Waals surface area contributed by atoms with Crippen molar-refractivity contribution in [1.82, 2.24) is 0 Å². The molecule has 0 aromatic heterocycles. The first-order valence-electron chi connectivity index (χ1n) is 6.73. The standard InChI is InChI=1S/C17H11F3N2O2/c1-9-2-3-10(14(4-9)17(18,19)20)5-11-12(7-21)15(23)6-16(24)13(11)8-22/h2-4,6,23-24H,5H2,1H3. The van der Waals surface area contributed by atoms with E-state index in [2.05, 4.69) is 0 Å². The molecule has 0 fully saturated rings. The zero-order valence-corrected chi connectivity index (χ0v) is 12.4. The fourth-order valence-electron chi connectivity index (χ4n) is 2.43. The highest BCUT2D eigenvalue weighted by atomic mass is 19.4. The number of nitriles is 2. The van der Waals surface area contributed by atoms with Gasteiger partial charge in [0.2, 0.25) is 0 Å². The van der Waals surface area contributed by atoms with Gasteiger partial charge in [0, 0.05) is 12.5 Å². The molecule has 2 rings (SSSR count). The molecule has 4 nitrogen and oxygen atoms in total. The van der Waals surface area contributed by atoms with E-state index in [0.29, 0.717) is 5.56 Å². The molecule has 122 valence electrons. The summed E-state index contributed by atoms with van der Waals surface area (Å²) in [5.41, 5.74) is -1.46. The van der Waals surface area contributed by atoms with E-state index in [0.717, 1.165) is 12.1 Å². The van der Waals surface area contributed by atoms with Crippen molar-refractivity contribution in [3.8, 4) is 23.6 Å². The minimum Gasteiger partial charge on any atom is -0.506 e. The lowest BCUT2D eigenvalue weighted by molar-refractivity contribution is -0.138. The van der Waals surface area contributed by atoms with Gasteiger partial charge in [-0.25, -0.2) is 0 Å².